The first kappa shape index (κ1) is 19.3. The summed E-state index contributed by atoms with van der Waals surface area (Å²) in [6.45, 7) is 10.8. The molecule has 5 nitrogen and oxygen atoms in total. The van der Waals surface area contributed by atoms with Gasteiger partial charge in [-0.3, -0.25) is 4.99 Å². The maximum Gasteiger partial charge on any atom is 0.191 e. The molecule has 1 heterocycles. The van der Waals surface area contributed by atoms with E-state index in [1.54, 1.807) is 5.57 Å². The van der Waals surface area contributed by atoms with Crippen LogP contribution in [0.5, 0.6) is 0 Å². The molecule has 0 spiro atoms. The van der Waals surface area contributed by atoms with Crippen molar-refractivity contribution in [3.05, 3.63) is 11.6 Å². The van der Waals surface area contributed by atoms with Gasteiger partial charge in [-0.25, -0.2) is 0 Å². The van der Waals surface area contributed by atoms with Crippen molar-refractivity contribution in [2.45, 2.75) is 45.4 Å². The first-order valence-corrected chi connectivity index (χ1v) is 9.89. The Morgan fingerprint density at radius 3 is 2.83 bits per heavy atom. The summed E-state index contributed by atoms with van der Waals surface area (Å²) in [4.78, 5) is 9.73. The number of guanidine groups is 1. The quantitative estimate of drug-likeness (QED) is 0.425. The fraction of sp³-hybridized carbons (Fsp3) is 0.842. The summed E-state index contributed by atoms with van der Waals surface area (Å²) in [5, 5.41) is 6.87. The van der Waals surface area contributed by atoms with Gasteiger partial charge in [-0.1, -0.05) is 11.6 Å². The molecule has 0 radical (unpaired) electrons. The van der Waals surface area contributed by atoms with Crippen molar-refractivity contribution >= 4 is 5.96 Å². The molecule has 0 atom stereocenters. The molecule has 0 unspecified atom stereocenters. The topological polar surface area (TPSA) is 42.9 Å². The summed E-state index contributed by atoms with van der Waals surface area (Å²) < 4.78 is 0. The van der Waals surface area contributed by atoms with Crippen LogP contribution < -0.4 is 10.6 Å². The summed E-state index contributed by atoms with van der Waals surface area (Å²) in [5.74, 6) is 0.973. The van der Waals surface area contributed by atoms with Gasteiger partial charge in [-0.05, 0) is 65.6 Å². The molecule has 0 amide bonds. The zero-order chi connectivity index (χ0) is 17.0. The number of likely N-dealkylation sites (N-methyl/N-ethyl adjacent to an activating group) is 1. The van der Waals surface area contributed by atoms with E-state index in [4.69, 9.17) is 4.99 Å². The summed E-state index contributed by atoms with van der Waals surface area (Å²) >= 11 is 0. The second-order valence-corrected chi connectivity index (χ2v) is 7.04. The number of aliphatic imine (C=N–C) groups is 1. The van der Waals surface area contributed by atoms with Gasteiger partial charge >= 0.3 is 0 Å². The zero-order valence-electron chi connectivity index (χ0n) is 15.8. The molecule has 0 saturated carbocycles. The lowest BCUT2D eigenvalue weighted by molar-refractivity contribution is 0.283. The lowest BCUT2D eigenvalue weighted by Crippen LogP contribution is -2.39. The zero-order valence-corrected chi connectivity index (χ0v) is 15.8. The highest BCUT2D eigenvalue weighted by Crippen LogP contribution is 2.19. The van der Waals surface area contributed by atoms with Crippen molar-refractivity contribution in [3.8, 4) is 0 Å². The van der Waals surface area contributed by atoms with E-state index in [-0.39, 0.29) is 0 Å². The second-order valence-electron chi connectivity index (χ2n) is 7.04. The summed E-state index contributed by atoms with van der Waals surface area (Å²) in [5.41, 5.74) is 1.62. The van der Waals surface area contributed by atoms with E-state index in [9.17, 15) is 0 Å². The molecule has 1 aliphatic carbocycles. The Labute approximate surface area is 148 Å². The first-order chi connectivity index (χ1) is 11.8. The minimum Gasteiger partial charge on any atom is -0.357 e. The van der Waals surface area contributed by atoms with E-state index >= 15 is 0 Å². The Kier molecular flexibility index (Phi) is 9.21. The predicted octanol–water partition coefficient (Wildman–Crippen LogP) is 2.07. The molecule has 0 aromatic rings. The Morgan fingerprint density at radius 1 is 1.12 bits per heavy atom. The number of hydrogen-bond acceptors (Lipinski definition) is 3. The molecule has 2 N–H and O–H groups in total. The number of rotatable bonds is 7. The second kappa shape index (κ2) is 11.5. The number of allylic oxidation sites excluding steroid dienone is 1. The maximum absolute atomic E-state index is 4.76. The number of nitrogens with one attached hydrogen (secondary N) is 2. The van der Waals surface area contributed by atoms with Crippen LogP contribution in [-0.2, 0) is 0 Å². The first-order valence-electron chi connectivity index (χ1n) is 9.89. The van der Waals surface area contributed by atoms with Crippen molar-refractivity contribution in [1.29, 1.82) is 0 Å². The average molecular weight is 336 g/mol. The SMILES string of the molecule is CCNC(=NCCN1CCCN(C)CC1)NCCC1=CCCCC1. The van der Waals surface area contributed by atoms with Gasteiger partial charge in [0.2, 0.25) is 0 Å². The minimum absolute atomic E-state index is 0.877. The van der Waals surface area contributed by atoms with Gasteiger partial charge in [-0.2, -0.15) is 0 Å². The Balaban J connectivity index is 1.68. The van der Waals surface area contributed by atoms with E-state index in [2.05, 4.69) is 40.5 Å². The average Bonchev–Trinajstić information content (AvgIpc) is 2.80. The van der Waals surface area contributed by atoms with Gasteiger partial charge < -0.3 is 20.4 Å². The van der Waals surface area contributed by atoms with Crippen molar-refractivity contribution in [3.63, 3.8) is 0 Å². The highest BCUT2D eigenvalue weighted by Gasteiger charge is 2.11. The van der Waals surface area contributed by atoms with Crippen LogP contribution in [0.15, 0.2) is 16.6 Å². The van der Waals surface area contributed by atoms with E-state index in [0.717, 1.165) is 38.6 Å². The van der Waals surface area contributed by atoms with Crippen molar-refractivity contribution < 1.29 is 0 Å². The van der Waals surface area contributed by atoms with Crippen LogP contribution >= 0.6 is 0 Å². The fourth-order valence-corrected chi connectivity index (χ4v) is 3.44. The van der Waals surface area contributed by atoms with Crippen LogP contribution in [0.2, 0.25) is 0 Å². The fourth-order valence-electron chi connectivity index (χ4n) is 3.44. The third-order valence-corrected chi connectivity index (χ3v) is 4.97. The summed E-state index contributed by atoms with van der Waals surface area (Å²) in [7, 11) is 2.22. The van der Waals surface area contributed by atoms with Gasteiger partial charge in [0.25, 0.3) is 0 Å². The van der Waals surface area contributed by atoms with Gasteiger partial charge in [0, 0.05) is 32.7 Å². The van der Waals surface area contributed by atoms with Crippen LogP contribution in [-0.4, -0.2) is 75.2 Å². The molecule has 2 aliphatic rings. The Morgan fingerprint density at radius 2 is 2.04 bits per heavy atom. The largest absolute Gasteiger partial charge is 0.357 e. The van der Waals surface area contributed by atoms with Crippen molar-refractivity contribution in [2.24, 2.45) is 4.99 Å². The summed E-state index contributed by atoms with van der Waals surface area (Å²) in [6, 6.07) is 0. The van der Waals surface area contributed by atoms with Crippen LogP contribution in [0, 0.1) is 0 Å². The van der Waals surface area contributed by atoms with Crippen LogP contribution in [0.3, 0.4) is 0 Å². The van der Waals surface area contributed by atoms with E-state index in [1.807, 2.05) is 0 Å². The van der Waals surface area contributed by atoms with Crippen LogP contribution in [0.4, 0.5) is 0 Å². The lowest BCUT2D eigenvalue weighted by Gasteiger charge is -2.19. The van der Waals surface area contributed by atoms with Crippen LogP contribution in [0.25, 0.3) is 0 Å². The predicted molar refractivity (Wildman–Crippen MR) is 104 cm³/mol. The number of nitrogens with zero attached hydrogens (tertiary/aromatic N) is 3. The van der Waals surface area contributed by atoms with E-state index < -0.39 is 0 Å². The molecule has 1 fully saturated rings. The molecule has 2 rings (SSSR count). The van der Waals surface area contributed by atoms with Gasteiger partial charge in [0.15, 0.2) is 5.96 Å². The molecule has 0 aromatic carbocycles. The molecule has 1 aliphatic heterocycles. The molecule has 24 heavy (non-hydrogen) atoms. The van der Waals surface area contributed by atoms with Gasteiger partial charge in [0.1, 0.15) is 0 Å². The molecular formula is C19H37N5. The standard InChI is InChI=1S/C19H37N5/c1-3-20-19(21-11-10-18-8-5-4-6-9-18)22-12-15-24-14-7-13-23(2)16-17-24/h8H,3-7,9-17H2,1-2H3,(H2,20,21,22). The van der Waals surface area contributed by atoms with E-state index in [1.165, 1.54) is 58.3 Å². The van der Waals surface area contributed by atoms with Crippen molar-refractivity contribution in [2.75, 3.05) is 59.4 Å². The molecule has 0 bridgehead atoms. The highest BCUT2D eigenvalue weighted by molar-refractivity contribution is 5.79. The molecule has 5 heteroatoms. The lowest BCUT2D eigenvalue weighted by atomic mass is 9.97. The smallest absolute Gasteiger partial charge is 0.191 e. The highest BCUT2D eigenvalue weighted by atomic mass is 15.2. The third kappa shape index (κ3) is 7.67. The maximum atomic E-state index is 4.76. The molecule has 138 valence electrons. The van der Waals surface area contributed by atoms with Crippen molar-refractivity contribution in [1.82, 2.24) is 20.4 Å². The Hall–Kier alpha value is -1.07. The van der Waals surface area contributed by atoms with Gasteiger partial charge in [0.05, 0.1) is 6.54 Å². The molecule has 1 saturated heterocycles. The molecular weight excluding hydrogens is 298 g/mol. The van der Waals surface area contributed by atoms with Gasteiger partial charge in [-0.15, -0.1) is 0 Å². The third-order valence-electron chi connectivity index (χ3n) is 4.97. The number of hydrogen-bond donors (Lipinski definition) is 2. The van der Waals surface area contributed by atoms with E-state index in [0.29, 0.717) is 0 Å². The Bertz CT molecular complexity index is 405. The minimum atomic E-state index is 0.877. The normalized spacial score (nSPS) is 21.2. The monoisotopic (exact) mass is 335 g/mol. The molecule has 0 aromatic heterocycles. The van der Waals surface area contributed by atoms with Crippen LogP contribution in [0.1, 0.15) is 45.4 Å². The summed E-state index contributed by atoms with van der Waals surface area (Å²) in [6.07, 6.45) is 10.2.